The molecule has 1 atom stereocenters. The van der Waals surface area contributed by atoms with E-state index in [0.29, 0.717) is 11.6 Å². The van der Waals surface area contributed by atoms with E-state index in [1.165, 1.54) is 6.92 Å². The first kappa shape index (κ1) is 22.7. The van der Waals surface area contributed by atoms with Crippen LogP contribution in [0.2, 0.25) is 0 Å². The van der Waals surface area contributed by atoms with Gasteiger partial charge in [-0.25, -0.2) is 0 Å². The highest BCUT2D eigenvalue weighted by molar-refractivity contribution is 6.18. The molecule has 1 aromatic carbocycles. The number of allylic oxidation sites excluding steroid dienone is 5. The molecule has 0 amide bonds. The number of methoxy groups -OCH3 is 1. The monoisotopic (exact) mass is 364 g/mol. The smallest absolute Gasteiger partial charge is 0.308 e. The zero-order chi connectivity index (χ0) is 19.3. The average molecular weight is 365 g/mol. The SMILES string of the molecule is C=O.CC(=O)Oc1ccccc1C.COC1=CC=CC(C)(CCl)C=C1. The second-order valence-corrected chi connectivity index (χ2v) is 5.73. The number of aryl methyl sites for hydroxylation is 1. The van der Waals surface area contributed by atoms with Crippen LogP contribution in [0.4, 0.5) is 0 Å². The van der Waals surface area contributed by atoms with Crippen LogP contribution in [0.3, 0.4) is 0 Å². The third kappa shape index (κ3) is 8.91. The summed E-state index contributed by atoms with van der Waals surface area (Å²) < 4.78 is 9.99. The number of alkyl halides is 1. The third-order valence-corrected chi connectivity index (χ3v) is 3.81. The lowest BCUT2D eigenvalue weighted by molar-refractivity contribution is -0.131. The Morgan fingerprint density at radius 3 is 2.40 bits per heavy atom. The number of rotatable bonds is 3. The quantitative estimate of drug-likeness (QED) is 0.446. The summed E-state index contributed by atoms with van der Waals surface area (Å²) in [5.41, 5.74) is 0.931. The minimum Gasteiger partial charge on any atom is -0.497 e. The Bertz CT molecular complexity index is 634. The molecule has 1 unspecified atom stereocenters. The molecule has 1 aromatic rings. The van der Waals surface area contributed by atoms with Crippen molar-refractivity contribution in [2.24, 2.45) is 5.41 Å². The summed E-state index contributed by atoms with van der Waals surface area (Å²) in [6.45, 7) is 7.38. The van der Waals surface area contributed by atoms with E-state index in [1.807, 2.05) is 50.1 Å². The first-order valence-electron chi connectivity index (χ1n) is 7.62. The van der Waals surface area contributed by atoms with Crippen LogP contribution in [0.1, 0.15) is 19.4 Å². The largest absolute Gasteiger partial charge is 0.497 e. The molecule has 0 saturated carbocycles. The van der Waals surface area contributed by atoms with Crippen molar-refractivity contribution < 1.29 is 19.1 Å². The molecular weight excluding hydrogens is 340 g/mol. The molecular formula is C20H25ClO4. The van der Waals surface area contributed by atoms with Gasteiger partial charge in [0, 0.05) is 18.2 Å². The van der Waals surface area contributed by atoms with Gasteiger partial charge in [0.2, 0.25) is 0 Å². The Morgan fingerprint density at radius 2 is 1.88 bits per heavy atom. The molecule has 0 spiro atoms. The summed E-state index contributed by atoms with van der Waals surface area (Å²) in [5.74, 6) is 1.81. The predicted molar refractivity (Wildman–Crippen MR) is 102 cm³/mol. The number of hydrogen-bond donors (Lipinski definition) is 0. The fraction of sp³-hybridized carbons (Fsp3) is 0.300. The Kier molecular flexibility index (Phi) is 11.0. The van der Waals surface area contributed by atoms with Gasteiger partial charge in [-0.1, -0.05) is 43.4 Å². The second kappa shape index (κ2) is 12.1. The Balaban J connectivity index is 0.000000421. The summed E-state index contributed by atoms with van der Waals surface area (Å²) >= 11 is 5.82. The van der Waals surface area contributed by atoms with Gasteiger partial charge in [-0.15, -0.1) is 11.6 Å². The minimum absolute atomic E-state index is 0.0433. The van der Waals surface area contributed by atoms with Crippen molar-refractivity contribution in [2.45, 2.75) is 20.8 Å². The van der Waals surface area contributed by atoms with Crippen molar-refractivity contribution >= 4 is 24.4 Å². The lowest BCUT2D eigenvalue weighted by atomic mass is 9.93. The molecule has 0 fully saturated rings. The van der Waals surface area contributed by atoms with E-state index in [-0.39, 0.29) is 11.4 Å². The van der Waals surface area contributed by atoms with Crippen LogP contribution in [0, 0.1) is 12.3 Å². The minimum atomic E-state index is -0.278. The molecule has 25 heavy (non-hydrogen) atoms. The van der Waals surface area contributed by atoms with Crippen molar-refractivity contribution in [3.05, 3.63) is 66.0 Å². The number of halogens is 1. The zero-order valence-electron chi connectivity index (χ0n) is 15.1. The predicted octanol–water partition coefficient (Wildman–Crippen LogP) is 4.62. The molecule has 136 valence electrons. The van der Waals surface area contributed by atoms with E-state index in [0.717, 1.165) is 11.3 Å². The summed E-state index contributed by atoms with van der Waals surface area (Å²) in [6.07, 6.45) is 9.97. The number of benzene rings is 1. The number of carbonyl (C=O) groups excluding carboxylic acids is 2. The van der Waals surface area contributed by atoms with Crippen molar-refractivity contribution in [2.75, 3.05) is 13.0 Å². The van der Waals surface area contributed by atoms with E-state index >= 15 is 0 Å². The first-order chi connectivity index (χ1) is 11.9. The number of esters is 1. The van der Waals surface area contributed by atoms with Crippen LogP contribution in [0.5, 0.6) is 5.75 Å². The van der Waals surface area contributed by atoms with E-state index in [4.69, 9.17) is 25.9 Å². The van der Waals surface area contributed by atoms with Gasteiger partial charge in [0.15, 0.2) is 0 Å². The number of hydrogen-bond acceptors (Lipinski definition) is 4. The van der Waals surface area contributed by atoms with Crippen molar-refractivity contribution in [3.63, 3.8) is 0 Å². The van der Waals surface area contributed by atoms with E-state index in [9.17, 15) is 4.79 Å². The average Bonchev–Trinajstić information content (AvgIpc) is 2.81. The fourth-order valence-corrected chi connectivity index (χ4v) is 1.98. The van der Waals surface area contributed by atoms with Crippen molar-refractivity contribution in [3.8, 4) is 5.75 Å². The fourth-order valence-electron chi connectivity index (χ4n) is 1.80. The van der Waals surface area contributed by atoms with Gasteiger partial charge in [-0.2, -0.15) is 0 Å². The lowest BCUT2D eigenvalue weighted by Gasteiger charge is -2.16. The molecule has 0 bridgehead atoms. The molecule has 0 aliphatic heterocycles. The van der Waals surface area contributed by atoms with E-state index in [1.54, 1.807) is 13.2 Å². The van der Waals surface area contributed by atoms with Crippen LogP contribution in [-0.4, -0.2) is 25.7 Å². The van der Waals surface area contributed by atoms with Crippen molar-refractivity contribution in [1.29, 1.82) is 0 Å². The summed E-state index contributed by atoms with van der Waals surface area (Å²) in [5, 5.41) is 0. The number of ether oxygens (including phenoxy) is 2. The third-order valence-electron chi connectivity index (χ3n) is 3.24. The molecule has 0 heterocycles. The molecule has 0 saturated heterocycles. The maximum Gasteiger partial charge on any atom is 0.308 e. The number of para-hydroxylation sites is 1. The highest BCUT2D eigenvalue weighted by Crippen LogP contribution is 2.25. The Hall–Kier alpha value is -2.33. The number of carbonyl (C=O) groups is 2. The Labute approximate surface area is 154 Å². The molecule has 1 aliphatic rings. The molecule has 0 radical (unpaired) electrons. The zero-order valence-corrected chi connectivity index (χ0v) is 15.9. The van der Waals surface area contributed by atoms with Gasteiger partial charge in [0.25, 0.3) is 0 Å². The van der Waals surface area contributed by atoms with Crippen LogP contribution in [0.15, 0.2) is 60.4 Å². The Morgan fingerprint density at radius 1 is 1.24 bits per heavy atom. The van der Waals surface area contributed by atoms with Crippen LogP contribution >= 0.6 is 11.6 Å². The van der Waals surface area contributed by atoms with E-state index in [2.05, 4.69) is 19.1 Å². The van der Waals surface area contributed by atoms with Crippen LogP contribution < -0.4 is 4.74 Å². The lowest BCUT2D eigenvalue weighted by Crippen LogP contribution is -2.10. The topological polar surface area (TPSA) is 52.6 Å². The first-order valence-corrected chi connectivity index (χ1v) is 8.15. The van der Waals surface area contributed by atoms with Gasteiger partial charge in [-0.3, -0.25) is 4.79 Å². The summed E-state index contributed by atoms with van der Waals surface area (Å²) in [4.78, 5) is 18.5. The molecule has 0 aromatic heterocycles. The summed E-state index contributed by atoms with van der Waals surface area (Å²) in [7, 11) is 1.66. The molecule has 1 aliphatic carbocycles. The summed E-state index contributed by atoms with van der Waals surface area (Å²) in [6, 6.07) is 7.42. The van der Waals surface area contributed by atoms with Gasteiger partial charge in [0.05, 0.1) is 7.11 Å². The highest BCUT2D eigenvalue weighted by atomic mass is 35.5. The molecule has 0 N–H and O–H groups in total. The maximum absolute atomic E-state index is 10.5. The van der Waals surface area contributed by atoms with Gasteiger partial charge in [0.1, 0.15) is 18.3 Å². The normalized spacial score (nSPS) is 17.7. The molecule has 4 nitrogen and oxygen atoms in total. The standard InChI is InChI=1S/C10H13ClO.C9H10O2.CH2O/c1-10(8-11)6-3-4-9(12-2)5-7-10;1-7-5-3-4-6-9(7)11-8(2)10;1-2/h3-7H,8H2,1-2H3;3-6H,1-2H3;1H2. The highest BCUT2D eigenvalue weighted by Gasteiger charge is 2.16. The van der Waals surface area contributed by atoms with Gasteiger partial charge in [-0.05, 0) is 30.7 Å². The van der Waals surface area contributed by atoms with Crippen molar-refractivity contribution in [1.82, 2.24) is 0 Å². The van der Waals surface area contributed by atoms with Gasteiger partial charge >= 0.3 is 5.97 Å². The van der Waals surface area contributed by atoms with Gasteiger partial charge < -0.3 is 14.3 Å². The maximum atomic E-state index is 10.5. The second-order valence-electron chi connectivity index (χ2n) is 5.46. The van der Waals surface area contributed by atoms with E-state index < -0.39 is 0 Å². The molecule has 5 heteroatoms. The van der Waals surface area contributed by atoms with Crippen LogP contribution in [-0.2, 0) is 14.3 Å². The van der Waals surface area contributed by atoms with Crippen LogP contribution in [0.25, 0.3) is 0 Å². The molecule has 2 rings (SSSR count).